The predicted octanol–water partition coefficient (Wildman–Crippen LogP) is 5.32. The third kappa shape index (κ3) is 8.16. The van der Waals surface area contributed by atoms with Gasteiger partial charge in [0.15, 0.2) is 0 Å². The molecule has 0 bridgehead atoms. The Morgan fingerprint density at radius 1 is 0.958 bits per heavy atom. The van der Waals surface area contributed by atoms with Crippen LogP contribution >= 0.6 is 0 Å². The van der Waals surface area contributed by atoms with Crippen molar-refractivity contribution in [3.63, 3.8) is 0 Å². The van der Waals surface area contributed by atoms with Crippen LogP contribution in [-0.4, -0.2) is 31.5 Å². The van der Waals surface area contributed by atoms with Gasteiger partial charge in [-0.15, -0.1) is 0 Å². The summed E-state index contributed by atoms with van der Waals surface area (Å²) in [6.07, 6.45) is 9.54. The molecule has 138 valence electrons. The fourth-order valence-corrected chi connectivity index (χ4v) is 3.01. The van der Waals surface area contributed by atoms with E-state index in [2.05, 4.69) is 26.0 Å². The van der Waals surface area contributed by atoms with E-state index < -0.39 is 0 Å². The van der Waals surface area contributed by atoms with Gasteiger partial charge in [0.1, 0.15) is 5.75 Å². The lowest BCUT2D eigenvalue weighted by molar-refractivity contribution is 0.0255. The van der Waals surface area contributed by atoms with Crippen molar-refractivity contribution in [2.45, 2.75) is 77.2 Å². The fraction of sp³-hybridized carbons (Fsp3) is 0.714. The van der Waals surface area contributed by atoms with Crippen molar-refractivity contribution in [3.05, 3.63) is 29.8 Å². The van der Waals surface area contributed by atoms with Gasteiger partial charge in [-0.3, -0.25) is 0 Å². The van der Waals surface area contributed by atoms with Gasteiger partial charge in [-0.2, -0.15) is 0 Å². The Hall–Kier alpha value is -1.06. The lowest BCUT2D eigenvalue weighted by Crippen LogP contribution is -2.21. The van der Waals surface area contributed by atoms with Crippen LogP contribution in [-0.2, 0) is 4.74 Å². The van der Waals surface area contributed by atoms with Crippen molar-refractivity contribution in [1.82, 2.24) is 0 Å². The normalized spacial score (nSPS) is 13.7. The smallest absolute Gasteiger partial charge is 0.118 e. The highest BCUT2D eigenvalue weighted by molar-refractivity contribution is 5.29. The number of aliphatic hydroxyl groups is 1. The van der Waals surface area contributed by atoms with E-state index in [0.29, 0.717) is 5.92 Å². The lowest BCUT2D eigenvalue weighted by Gasteiger charge is -2.25. The Morgan fingerprint density at radius 2 is 1.62 bits per heavy atom. The molecular formula is C21H36O3. The maximum Gasteiger partial charge on any atom is 0.118 e. The number of rotatable bonds is 14. The highest BCUT2D eigenvalue weighted by Crippen LogP contribution is 2.26. The molecule has 3 heteroatoms. The summed E-state index contributed by atoms with van der Waals surface area (Å²) in [6.45, 7) is 5.51. The minimum Gasteiger partial charge on any atom is -0.497 e. The Labute approximate surface area is 148 Å². The molecule has 1 aromatic carbocycles. The molecule has 0 fully saturated rings. The monoisotopic (exact) mass is 336 g/mol. The van der Waals surface area contributed by atoms with E-state index in [1.807, 2.05) is 12.1 Å². The third-order valence-corrected chi connectivity index (χ3v) is 4.68. The van der Waals surface area contributed by atoms with Gasteiger partial charge in [0, 0.05) is 19.1 Å². The molecular weight excluding hydrogens is 300 g/mol. The number of methoxy groups -OCH3 is 1. The molecule has 2 atom stereocenters. The van der Waals surface area contributed by atoms with E-state index in [1.165, 1.54) is 37.7 Å². The standard InChI is InChI=1S/C21H36O3/c1-4-5-6-7-8-9-17-24-21(11-10-16-22)18(2)19-12-14-20(23-3)15-13-19/h12-15,18,21-22H,4-11,16-17H2,1-3H3. The van der Waals surface area contributed by atoms with Gasteiger partial charge in [0.05, 0.1) is 13.2 Å². The highest BCUT2D eigenvalue weighted by Gasteiger charge is 2.19. The molecule has 0 spiro atoms. The summed E-state index contributed by atoms with van der Waals surface area (Å²) in [5.41, 5.74) is 1.27. The molecule has 0 aliphatic heterocycles. The van der Waals surface area contributed by atoms with Crippen molar-refractivity contribution in [2.24, 2.45) is 0 Å². The van der Waals surface area contributed by atoms with Crippen molar-refractivity contribution >= 4 is 0 Å². The predicted molar refractivity (Wildman–Crippen MR) is 101 cm³/mol. The molecule has 0 saturated heterocycles. The molecule has 0 radical (unpaired) electrons. The van der Waals surface area contributed by atoms with Gasteiger partial charge in [-0.1, -0.05) is 58.1 Å². The number of benzene rings is 1. The van der Waals surface area contributed by atoms with Crippen LogP contribution in [0, 0.1) is 0 Å². The summed E-state index contributed by atoms with van der Waals surface area (Å²) >= 11 is 0. The number of hydrogen-bond donors (Lipinski definition) is 1. The number of ether oxygens (including phenoxy) is 2. The summed E-state index contributed by atoms with van der Waals surface area (Å²) in [4.78, 5) is 0. The van der Waals surface area contributed by atoms with E-state index in [0.717, 1.165) is 31.6 Å². The van der Waals surface area contributed by atoms with E-state index in [9.17, 15) is 0 Å². The van der Waals surface area contributed by atoms with Crippen LogP contribution < -0.4 is 4.74 Å². The van der Waals surface area contributed by atoms with Gasteiger partial charge in [-0.25, -0.2) is 0 Å². The number of unbranched alkanes of at least 4 members (excludes halogenated alkanes) is 5. The summed E-state index contributed by atoms with van der Waals surface area (Å²) in [5, 5.41) is 9.16. The van der Waals surface area contributed by atoms with Crippen LogP contribution in [0.5, 0.6) is 5.75 Å². The fourth-order valence-electron chi connectivity index (χ4n) is 3.01. The summed E-state index contributed by atoms with van der Waals surface area (Å²) in [6, 6.07) is 8.23. The molecule has 3 nitrogen and oxygen atoms in total. The second kappa shape index (κ2) is 13.3. The zero-order chi connectivity index (χ0) is 17.6. The summed E-state index contributed by atoms with van der Waals surface area (Å²) in [5.74, 6) is 1.20. The minimum atomic E-state index is 0.168. The average Bonchev–Trinajstić information content (AvgIpc) is 2.63. The van der Waals surface area contributed by atoms with Crippen molar-refractivity contribution in [3.8, 4) is 5.75 Å². The van der Waals surface area contributed by atoms with Gasteiger partial charge >= 0.3 is 0 Å². The first-order valence-electron chi connectivity index (χ1n) is 9.59. The van der Waals surface area contributed by atoms with Crippen LogP contribution in [0.2, 0.25) is 0 Å². The van der Waals surface area contributed by atoms with E-state index in [-0.39, 0.29) is 12.7 Å². The molecule has 1 N–H and O–H groups in total. The Balaban J connectivity index is 2.44. The van der Waals surface area contributed by atoms with Crippen LogP contribution in [0.15, 0.2) is 24.3 Å². The first kappa shape index (κ1) is 21.0. The highest BCUT2D eigenvalue weighted by atomic mass is 16.5. The average molecular weight is 337 g/mol. The van der Waals surface area contributed by atoms with Crippen LogP contribution in [0.4, 0.5) is 0 Å². The molecule has 24 heavy (non-hydrogen) atoms. The van der Waals surface area contributed by atoms with E-state index in [1.54, 1.807) is 7.11 Å². The maximum atomic E-state index is 9.16. The molecule has 0 amide bonds. The Bertz CT molecular complexity index is 402. The minimum absolute atomic E-state index is 0.168. The maximum absolute atomic E-state index is 9.16. The quantitative estimate of drug-likeness (QED) is 0.467. The molecule has 1 aromatic rings. The van der Waals surface area contributed by atoms with E-state index >= 15 is 0 Å². The molecule has 2 unspecified atom stereocenters. The third-order valence-electron chi connectivity index (χ3n) is 4.68. The van der Waals surface area contributed by atoms with Crippen molar-refractivity contribution in [2.75, 3.05) is 20.3 Å². The van der Waals surface area contributed by atoms with Gasteiger partial charge in [0.25, 0.3) is 0 Å². The zero-order valence-corrected chi connectivity index (χ0v) is 15.8. The summed E-state index contributed by atoms with van der Waals surface area (Å²) < 4.78 is 11.4. The first-order valence-corrected chi connectivity index (χ1v) is 9.59. The zero-order valence-electron chi connectivity index (χ0n) is 15.8. The van der Waals surface area contributed by atoms with Gasteiger partial charge < -0.3 is 14.6 Å². The van der Waals surface area contributed by atoms with Crippen LogP contribution in [0.25, 0.3) is 0 Å². The number of hydrogen-bond acceptors (Lipinski definition) is 3. The molecule has 1 rings (SSSR count). The first-order chi connectivity index (χ1) is 11.7. The molecule has 0 aliphatic rings. The molecule has 0 saturated carbocycles. The summed E-state index contributed by atoms with van der Waals surface area (Å²) in [7, 11) is 1.69. The topological polar surface area (TPSA) is 38.7 Å². The molecule has 0 aromatic heterocycles. The van der Waals surface area contributed by atoms with Gasteiger partial charge in [-0.05, 0) is 37.0 Å². The molecule has 0 heterocycles. The second-order valence-electron chi connectivity index (χ2n) is 6.60. The Morgan fingerprint density at radius 3 is 2.25 bits per heavy atom. The Kier molecular flexibility index (Phi) is 11.6. The van der Waals surface area contributed by atoms with Crippen molar-refractivity contribution < 1.29 is 14.6 Å². The van der Waals surface area contributed by atoms with Crippen molar-refractivity contribution in [1.29, 1.82) is 0 Å². The second-order valence-corrected chi connectivity index (χ2v) is 6.60. The SMILES string of the molecule is CCCCCCCCOC(CCCO)C(C)c1ccc(OC)cc1. The van der Waals surface area contributed by atoms with Crippen LogP contribution in [0.3, 0.4) is 0 Å². The lowest BCUT2D eigenvalue weighted by atomic mass is 9.92. The van der Waals surface area contributed by atoms with Crippen LogP contribution in [0.1, 0.15) is 76.7 Å². The molecule has 0 aliphatic carbocycles. The van der Waals surface area contributed by atoms with Gasteiger partial charge in [0.2, 0.25) is 0 Å². The number of aliphatic hydroxyl groups excluding tert-OH is 1. The van der Waals surface area contributed by atoms with E-state index in [4.69, 9.17) is 14.6 Å². The largest absolute Gasteiger partial charge is 0.497 e.